The summed E-state index contributed by atoms with van der Waals surface area (Å²) in [5, 5.41) is 2.45. The molecule has 0 aliphatic carbocycles. The van der Waals surface area contributed by atoms with E-state index in [4.69, 9.17) is 11.6 Å². The van der Waals surface area contributed by atoms with E-state index in [-0.39, 0.29) is 10.7 Å². The molecule has 0 bridgehead atoms. The normalized spacial score (nSPS) is 16.7. The second-order valence-corrected chi connectivity index (χ2v) is 7.02. The third-order valence-electron chi connectivity index (χ3n) is 4.66. The van der Waals surface area contributed by atoms with E-state index < -0.39 is 23.7 Å². The molecule has 1 heterocycles. The van der Waals surface area contributed by atoms with Gasteiger partial charge >= 0.3 is 6.18 Å². The van der Waals surface area contributed by atoms with E-state index in [0.29, 0.717) is 0 Å². The van der Waals surface area contributed by atoms with Crippen LogP contribution in [-0.2, 0) is 11.0 Å². The van der Waals surface area contributed by atoms with Gasteiger partial charge in [-0.2, -0.15) is 13.2 Å². The van der Waals surface area contributed by atoms with Gasteiger partial charge in [-0.3, -0.25) is 9.69 Å². The first-order valence-corrected chi connectivity index (χ1v) is 9.20. The van der Waals surface area contributed by atoms with Gasteiger partial charge in [0.1, 0.15) is 6.04 Å². The number of halogens is 4. The van der Waals surface area contributed by atoms with Gasteiger partial charge in [-0.1, -0.05) is 48.4 Å². The molecule has 144 valence electrons. The lowest BCUT2D eigenvalue weighted by molar-refractivity contribution is -0.137. The Morgan fingerprint density at radius 1 is 1.04 bits per heavy atom. The molecule has 1 aliphatic heterocycles. The second-order valence-electron chi connectivity index (χ2n) is 6.59. The summed E-state index contributed by atoms with van der Waals surface area (Å²) in [6, 6.07) is 11.9. The number of hydrogen-bond donors (Lipinski definition) is 1. The smallest absolute Gasteiger partial charge is 0.324 e. The Labute approximate surface area is 161 Å². The van der Waals surface area contributed by atoms with Crippen LogP contribution in [0.1, 0.15) is 36.4 Å². The van der Waals surface area contributed by atoms with Crippen LogP contribution in [-0.4, -0.2) is 23.9 Å². The Morgan fingerprint density at radius 2 is 1.70 bits per heavy atom. The maximum atomic E-state index is 13.3. The van der Waals surface area contributed by atoms with Gasteiger partial charge in [0.2, 0.25) is 5.91 Å². The summed E-state index contributed by atoms with van der Waals surface area (Å²) >= 11 is 5.72. The van der Waals surface area contributed by atoms with Crippen molar-refractivity contribution < 1.29 is 18.0 Å². The van der Waals surface area contributed by atoms with Crippen LogP contribution in [0.5, 0.6) is 0 Å². The highest BCUT2D eigenvalue weighted by Crippen LogP contribution is 2.37. The average molecular weight is 397 g/mol. The number of piperidine rings is 1. The van der Waals surface area contributed by atoms with Crippen molar-refractivity contribution in [3.05, 3.63) is 64.7 Å². The predicted molar refractivity (Wildman–Crippen MR) is 99.7 cm³/mol. The number of hydrogen-bond acceptors (Lipinski definition) is 2. The molecule has 1 N–H and O–H groups in total. The fourth-order valence-corrected chi connectivity index (χ4v) is 3.57. The van der Waals surface area contributed by atoms with Gasteiger partial charge in [0.15, 0.2) is 0 Å². The highest BCUT2D eigenvalue weighted by molar-refractivity contribution is 6.30. The molecule has 7 heteroatoms. The number of amides is 1. The topological polar surface area (TPSA) is 32.3 Å². The summed E-state index contributed by atoms with van der Waals surface area (Å²) in [6.45, 7) is 1.47. The zero-order valence-corrected chi connectivity index (χ0v) is 15.4. The number of benzene rings is 2. The molecule has 3 rings (SSSR count). The van der Waals surface area contributed by atoms with Crippen LogP contribution in [0, 0.1) is 0 Å². The third-order valence-corrected chi connectivity index (χ3v) is 4.90. The highest BCUT2D eigenvalue weighted by atomic mass is 35.5. The maximum absolute atomic E-state index is 13.3. The fourth-order valence-electron chi connectivity index (χ4n) is 3.40. The van der Waals surface area contributed by atoms with Gasteiger partial charge in [-0.15, -0.1) is 0 Å². The number of alkyl halides is 3. The Kier molecular flexibility index (Phi) is 6.07. The number of rotatable bonds is 4. The molecule has 0 aromatic heterocycles. The summed E-state index contributed by atoms with van der Waals surface area (Å²) in [6.07, 6.45) is -1.59. The van der Waals surface area contributed by atoms with Crippen LogP contribution in [0.2, 0.25) is 5.02 Å². The van der Waals surface area contributed by atoms with Gasteiger partial charge in [0, 0.05) is 5.02 Å². The number of nitrogens with one attached hydrogen (secondary N) is 1. The molecule has 2 aromatic rings. The molecular weight excluding hydrogens is 377 g/mol. The molecule has 1 amide bonds. The molecule has 0 unspecified atom stereocenters. The minimum atomic E-state index is -4.61. The molecule has 1 saturated heterocycles. The molecule has 2 aromatic carbocycles. The zero-order chi connectivity index (χ0) is 19.4. The lowest BCUT2D eigenvalue weighted by Gasteiger charge is -2.34. The average Bonchev–Trinajstić information content (AvgIpc) is 2.64. The van der Waals surface area contributed by atoms with Crippen molar-refractivity contribution in [2.24, 2.45) is 0 Å². The summed E-state index contributed by atoms with van der Waals surface area (Å²) in [5.74, 6) is -0.476. The summed E-state index contributed by atoms with van der Waals surface area (Å²) in [4.78, 5) is 15.0. The Balaban J connectivity index is 1.92. The lowest BCUT2D eigenvalue weighted by Crippen LogP contribution is -2.40. The van der Waals surface area contributed by atoms with Crippen LogP contribution in [0.4, 0.5) is 18.9 Å². The van der Waals surface area contributed by atoms with Crippen molar-refractivity contribution in [1.29, 1.82) is 0 Å². The summed E-state index contributed by atoms with van der Waals surface area (Å²) < 4.78 is 40.0. The quantitative estimate of drug-likeness (QED) is 0.737. The third kappa shape index (κ3) is 4.82. The number of carbonyl (C=O) groups excluding carboxylic acids is 1. The van der Waals surface area contributed by atoms with Crippen LogP contribution < -0.4 is 5.32 Å². The zero-order valence-electron chi connectivity index (χ0n) is 14.6. The van der Waals surface area contributed by atoms with Crippen molar-refractivity contribution in [2.45, 2.75) is 31.5 Å². The molecule has 1 atom stereocenters. The number of likely N-dealkylation sites (tertiary alicyclic amines) is 1. The Morgan fingerprint density at radius 3 is 2.33 bits per heavy atom. The molecule has 27 heavy (non-hydrogen) atoms. The molecule has 1 fully saturated rings. The molecule has 0 radical (unpaired) electrons. The molecule has 1 aliphatic rings. The number of anilines is 1. The van der Waals surface area contributed by atoms with E-state index >= 15 is 0 Å². The van der Waals surface area contributed by atoms with E-state index in [0.717, 1.165) is 44.0 Å². The van der Waals surface area contributed by atoms with Crippen LogP contribution in [0.3, 0.4) is 0 Å². The molecule has 0 saturated carbocycles. The first-order valence-electron chi connectivity index (χ1n) is 8.83. The minimum absolute atomic E-state index is 0.0315. The van der Waals surface area contributed by atoms with E-state index in [1.165, 1.54) is 12.1 Å². The van der Waals surface area contributed by atoms with E-state index in [1.807, 2.05) is 35.2 Å². The number of nitrogens with zero attached hydrogens (tertiary/aromatic N) is 1. The SMILES string of the molecule is O=C(Nc1ccc(Cl)cc1C(F)(F)F)[C@H](c1ccccc1)N1CCCCC1. The maximum Gasteiger partial charge on any atom is 0.418 e. The first kappa shape index (κ1) is 19.7. The number of carbonyl (C=O) groups is 1. The van der Waals surface area contributed by atoms with Crippen LogP contribution in [0.25, 0.3) is 0 Å². The van der Waals surface area contributed by atoms with Gasteiger partial charge in [-0.25, -0.2) is 0 Å². The summed E-state index contributed by atoms with van der Waals surface area (Å²) in [5.41, 5.74) is -0.469. The van der Waals surface area contributed by atoms with Crippen molar-refractivity contribution >= 4 is 23.2 Å². The largest absolute Gasteiger partial charge is 0.418 e. The highest BCUT2D eigenvalue weighted by Gasteiger charge is 2.35. The van der Waals surface area contributed by atoms with Crippen molar-refractivity contribution in [2.75, 3.05) is 18.4 Å². The fraction of sp³-hybridized carbons (Fsp3) is 0.350. The Hall–Kier alpha value is -2.05. The molecule has 0 spiro atoms. The van der Waals surface area contributed by atoms with Crippen LogP contribution >= 0.6 is 11.6 Å². The van der Waals surface area contributed by atoms with Crippen LogP contribution in [0.15, 0.2) is 48.5 Å². The lowest BCUT2D eigenvalue weighted by atomic mass is 10.0. The van der Waals surface area contributed by atoms with Crippen molar-refractivity contribution in [3.63, 3.8) is 0 Å². The Bertz CT molecular complexity index is 790. The minimum Gasteiger partial charge on any atom is -0.324 e. The van der Waals surface area contributed by atoms with E-state index in [1.54, 1.807) is 0 Å². The predicted octanol–water partition coefficient (Wildman–Crippen LogP) is 5.52. The van der Waals surface area contributed by atoms with Gasteiger partial charge in [0.05, 0.1) is 11.3 Å². The van der Waals surface area contributed by atoms with Crippen molar-refractivity contribution in [3.8, 4) is 0 Å². The molecular formula is C20H20ClF3N2O. The van der Waals surface area contributed by atoms with Gasteiger partial charge in [-0.05, 0) is 49.7 Å². The first-order chi connectivity index (χ1) is 12.9. The summed E-state index contributed by atoms with van der Waals surface area (Å²) in [7, 11) is 0. The standard InChI is InChI=1S/C20H20ClF3N2O/c21-15-9-10-17(16(13-15)20(22,23)24)25-19(27)18(14-7-3-1-4-8-14)26-11-5-2-6-12-26/h1,3-4,7-10,13,18H,2,5-6,11-12H2,(H,25,27)/t18-/m0/s1. The second kappa shape index (κ2) is 8.31. The monoisotopic (exact) mass is 396 g/mol. The van der Waals surface area contributed by atoms with E-state index in [2.05, 4.69) is 5.32 Å². The van der Waals surface area contributed by atoms with Gasteiger partial charge < -0.3 is 5.32 Å². The van der Waals surface area contributed by atoms with Crippen molar-refractivity contribution in [1.82, 2.24) is 4.90 Å². The molecule has 3 nitrogen and oxygen atoms in total. The van der Waals surface area contributed by atoms with Gasteiger partial charge in [0.25, 0.3) is 0 Å². The van der Waals surface area contributed by atoms with E-state index in [9.17, 15) is 18.0 Å².